The van der Waals surface area contributed by atoms with Gasteiger partial charge in [-0.05, 0) is 62.6 Å². The molecule has 0 aliphatic heterocycles. The highest BCUT2D eigenvalue weighted by atomic mass is 16.3. The average molecular weight is 263 g/mol. The van der Waals surface area contributed by atoms with Crippen LogP contribution in [0.5, 0.6) is 11.5 Å². The van der Waals surface area contributed by atoms with Crippen molar-refractivity contribution in [3.8, 4) is 11.5 Å². The van der Waals surface area contributed by atoms with Gasteiger partial charge >= 0.3 is 0 Å². The summed E-state index contributed by atoms with van der Waals surface area (Å²) in [5.74, 6) is 0.796. The van der Waals surface area contributed by atoms with Crippen LogP contribution >= 0.6 is 0 Å². The third-order valence-electron chi connectivity index (χ3n) is 4.12. The number of benzene rings is 1. The first kappa shape index (κ1) is 14.2. The van der Waals surface area contributed by atoms with E-state index in [-0.39, 0.29) is 11.5 Å². The molecule has 3 N–H and O–H groups in total. The molecular weight excluding hydrogens is 238 g/mol. The molecule has 0 bridgehead atoms. The molecule has 1 atom stereocenters. The molecule has 3 nitrogen and oxygen atoms in total. The fraction of sp³-hybridized carbons (Fsp3) is 0.625. The summed E-state index contributed by atoms with van der Waals surface area (Å²) in [6, 6.07) is 6.10. The predicted molar refractivity (Wildman–Crippen MR) is 77.5 cm³/mol. The first-order valence-electron chi connectivity index (χ1n) is 7.31. The number of hydrogen-bond donors (Lipinski definition) is 3. The van der Waals surface area contributed by atoms with Crippen LogP contribution in [0.25, 0.3) is 0 Å². The Balaban J connectivity index is 1.83. The van der Waals surface area contributed by atoms with Gasteiger partial charge in [0.1, 0.15) is 0 Å². The van der Waals surface area contributed by atoms with E-state index in [1.54, 1.807) is 12.1 Å². The molecule has 2 rings (SSSR count). The van der Waals surface area contributed by atoms with E-state index in [1.807, 2.05) is 6.07 Å². The van der Waals surface area contributed by atoms with Crippen LogP contribution in [-0.4, -0.2) is 22.3 Å². The van der Waals surface area contributed by atoms with E-state index in [1.165, 1.54) is 25.7 Å². The van der Waals surface area contributed by atoms with Crippen LogP contribution in [0, 0.1) is 5.92 Å². The van der Waals surface area contributed by atoms with E-state index >= 15 is 0 Å². The first-order valence-corrected chi connectivity index (χ1v) is 7.31. The fourth-order valence-electron chi connectivity index (χ4n) is 2.94. The average Bonchev–Trinajstić information content (AvgIpc) is 2.37. The highest BCUT2D eigenvalue weighted by Gasteiger charge is 2.19. The Hall–Kier alpha value is -1.22. The van der Waals surface area contributed by atoms with Gasteiger partial charge in [-0.1, -0.05) is 13.0 Å². The quantitative estimate of drug-likeness (QED) is 0.731. The molecule has 1 saturated carbocycles. The molecule has 3 heteroatoms. The monoisotopic (exact) mass is 263 g/mol. The SMILES string of the molecule is CC1CCC(NC(C)Cc2ccc(O)c(O)c2)CC1. The largest absolute Gasteiger partial charge is 0.504 e. The van der Waals surface area contributed by atoms with Crippen molar-refractivity contribution in [3.63, 3.8) is 0 Å². The Morgan fingerprint density at radius 3 is 2.47 bits per heavy atom. The van der Waals surface area contributed by atoms with Gasteiger partial charge in [-0.15, -0.1) is 0 Å². The molecule has 1 unspecified atom stereocenters. The normalized spacial score (nSPS) is 25.2. The second-order valence-corrected chi connectivity index (χ2v) is 6.05. The lowest BCUT2D eigenvalue weighted by Crippen LogP contribution is -2.39. The summed E-state index contributed by atoms with van der Waals surface area (Å²) < 4.78 is 0. The summed E-state index contributed by atoms with van der Waals surface area (Å²) in [5, 5.41) is 22.5. The van der Waals surface area contributed by atoms with Crippen molar-refractivity contribution in [1.29, 1.82) is 0 Å². The Morgan fingerprint density at radius 1 is 1.16 bits per heavy atom. The number of aromatic hydroxyl groups is 2. The zero-order chi connectivity index (χ0) is 13.8. The Morgan fingerprint density at radius 2 is 1.84 bits per heavy atom. The summed E-state index contributed by atoms with van der Waals surface area (Å²) in [4.78, 5) is 0. The molecule has 1 aliphatic rings. The fourth-order valence-corrected chi connectivity index (χ4v) is 2.94. The molecule has 19 heavy (non-hydrogen) atoms. The van der Waals surface area contributed by atoms with Crippen molar-refractivity contribution in [2.24, 2.45) is 5.92 Å². The van der Waals surface area contributed by atoms with Crippen LogP contribution in [0.15, 0.2) is 18.2 Å². The zero-order valence-electron chi connectivity index (χ0n) is 11.9. The van der Waals surface area contributed by atoms with Crippen LogP contribution in [0.3, 0.4) is 0 Å². The Bertz CT molecular complexity index is 411. The van der Waals surface area contributed by atoms with Gasteiger partial charge in [0.05, 0.1) is 0 Å². The number of rotatable bonds is 4. The van der Waals surface area contributed by atoms with Gasteiger partial charge in [0, 0.05) is 12.1 Å². The third kappa shape index (κ3) is 4.13. The highest BCUT2D eigenvalue weighted by Crippen LogP contribution is 2.26. The number of phenolic OH excluding ortho intramolecular Hbond substituents is 2. The maximum absolute atomic E-state index is 9.49. The van der Waals surface area contributed by atoms with Crippen molar-refractivity contribution < 1.29 is 10.2 Å². The summed E-state index contributed by atoms with van der Waals surface area (Å²) in [5.41, 5.74) is 1.06. The van der Waals surface area contributed by atoms with E-state index < -0.39 is 0 Å². The lowest BCUT2D eigenvalue weighted by atomic mass is 9.87. The lowest BCUT2D eigenvalue weighted by molar-refractivity contribution is 0.290. The van der Waals surface area contributed by atoms with Crippen LogP contribution in [0.1, 0.15) is 45.1 Å². The van der Waals surface area contributed by atoms with Gasteiger partial charge < -0.3 is 15.5 Å². The topological polar surface area (TPSA) is 52.5 Å². The van der Waals surface area contributed by atoms with Crippen LogP contribution < -0.4 is 5.32 Å². The van der Waals surface area contributed by atoms with Gasteiger partial charge in [-0.2, -0.15) is 0 Å². The van der Waals surface area contributed by atoms with Gasteiger partial charge in [0.2, 0.25) is 0 Å². The molecule has 0 radical (unpaired) electrons. The standard InChI is InChI=1S/C16H25NO2/c1-11-3-6-14(7-4-11)17-12(2)9-13-5-8-15(18)16(19)10-13/h5,8,10-12,14,17-19H,3-4,6-7,9H2,1-2H3. The zero-order valence-corrected chi connectivity index (χ0v) is 11.9. The van der Waals surface area contributed by atoms with Gasteiger partial charge in [-0.25, -0.2) is 0 Å². The number of hydrogen-bond acceptors (Lipinski definition) is 3. The van der Waals surface area contributed by atoms with Crippen LogP contribution in [0.2, 0.25) is 0 Å². The summed E-state index contributed by atoms with van der Waals surface area (Å²) in [7, 11) is 0. The molecule has 1 aromatic rings. The predicted octanol–water partition coefficient (Wildman–Crippen LogP) is 3.20. The van der Waals surface area contributed by atoms with E-state index in [0.717, 1.165) is 17.9 Å². The van der Waals surface area contributed by atoms with Crippen LogP contribution in [0.4, 0.5) is 0 Å². The maximum Gasteiger partial charge on any atom is 0.157 e. The number of phenols is 2. The van der Waals surface area contributed by atoms with Crippen molar-refractivity contribution in [1.82, 2.24) is 5.32 Å². The second-order valence-electron chi connectivity index (χ2n) is 6.05. The van der Waals surface area contributed by atoms with Crippen molar-refractivity contribution in [2.75, 3.05) is 0 Å². The molecule has 0 amide bonds. The number of nitrogens with one attached hydrogen (secondary N) is 1. The van der Waals surface area contributed by atoms with E-state index in [2.05, 4.69) is 19.2 Å². The maximum atomic E-state index is 9.49. The smallest absolute Gasteiger partial charge is 0.157 e. The minimum absolute atomic E-state index is 0.0313. The molecule has 0 spiro atoms. The van der Waals surface area contributed by atoms with Gasteiger partial charge in [-0.3, -0.25) is 0 Å². The molecule has 1 aromatic carbocycles. The Labute approximate surface area is 115 Å². The van der Waals surface area contributed by atoms with Gasteiger partial charge in [0.25, 0.3) is 0 Å². The molecule has 0 saturated heterocycles. The van der Waals surface area contributed by atoms with Crippen molar-refractivity contribution in [3.05, 3.63) is 23.8 Å². The van der Waals surface area contributed by atoms with Crippen LogP contribution in [-0.2, 0) is 6.42 Å². The Kier molecular flexibility index (Phi) is 4.70. The minimum atomic E-state index is -0.0503. The molecule has 1 fully saturated rings. The highest BCUT2D eigenvalue weighted by molar-refractivity contribution is 5.40. The summed E-state index contributed by atoms with van der Waals surface area (Å²) in [6.07, 6.45) is 6.06. The molecule has 106 valence electrons. The second kappa shape index (κ2) is 6.29. The van der Waals surface area contributed by atoms with E-state index in [9.17, 15) is 10.2 Å². The van der Waals surface area contributed by atoms with Gasteiger partial charge in [0.15, 0.2) is 11.5 Å². The first-order chi connectivity index (χ1) is 9.04. The van der Waals surface area contributed by atoms with Crippen molar-refractivity contribution in [2.45, 2.75) is 58.0 Å². The minimum Gasteiger partial charge on any atom is -0.504 e. The third-order valence-corrected chi connectivity index (χ3v) is 4.12. The molecular formula is C16H25NO2. The van der Waals surface area contributed by atoms with E-state index in [4.69, 9.17) is 0 Å². The molecule has 1 aliphatic carbocycles. The van der Waals surface area contributed by atoms with Crippen molar-refractivity contribution >= 4 is 0 Å². The molecule has 0 aromatic heterocycles. The van der Waals surface area contributed by atoms with E-state index in [0.29, 0.717) is 12.1 Å². The summed E-state index contributed by atoms with van der Waals surface area (Å²) in [6.45, 7) is 4.51. The molecule has 0 heterocycles. The lowest BCUT2D eigenvalue weighted by Gasteiger charge is -2.29. The summed E-state index contributed by atoms with van der Waals surface area (Å²) >= 11 is 0.